The SMILES string of the molecule is CC(NC(=O)CN[C@@H](C)C(=O)O)c1cccs1. The van der Waals surface area contributed by atoms with Crippen LogP contribution in [-0.2, 0) is 9.59 Å². The Morgan fingerprint density at radius 1 is 1.47 bits per heavy atom. The second kappa shape index (κ2) is 6.36. The minimum Gasteiger partial charge on any atom is -0.480 e. The molecule has 94 valence electrons. The summed E-state index contributed by atoms with van der Waals surface area (Å²) in [5.41, 5.74) is 0. The lowest BCUT2D eigenvalue weighted by Gasteiger charge is -2.13. The first-order valence-corrected chi connectivity index (χ1v) is 6.17. The first-order valence-electron chi connectivity index (χ1n) is 5.29. The van der Waals surface area contributed by atoms with E-state index in [2.05, 4.69) is 10.6 Å². The van der Waals surface area contributed by atoms with Gasteiger partial charge in [0.25, 0.3) is 0 Å². The highest BCUT2D eigenvalue weighted by Crippen LogP contribution is 2.17. The van der Waals surface area contributed by atoms with Gasteiger partial charge in [0.15, 0.2) is 0 Å². The maximum atomic E-state index is 11.5. The van der Waals surface area contributed by atoms with Gasteiger partial charge in [-0.3, -0.25) is 14.9 Å². The molecule has 0 saturated carbocycles. The smallest absolute Gasteiger partial charge is 0.320 e. The van der Waals surface area contributed by atoms with Crippen molar-refractivity contribution >= 4 is 23.2 Å². The lowest BCUT2D eigenvalue weighted by molar-refractivity contribution is -0.139. The molecule has 1 heterocycles. The van der Waals surface area contributed by atoms with Crippen LogP contribution in [0.15, 0.2) is 17.5 Å². The first kappa shape index (κ1) is 13.7. The average Bonchev–Trinajstić information content (AvgIpc) is 2.78. The van der Waals surface area contributed by atoms with Crippen LogP contribution in [0.5, 0.6) is 0 Å². The quantitative estimate of drug-likeness (QED) is 0.709. The fraction of sp³-hybridized carbons (Fsp3) is 0.455. The summed E-state index contributed by atoms with van der Waals surface area (Å²) in [5, 5.41) is 16.0. The Hall–Kier alpha value is -1.40. The molecule has 0 aliphatic carbocycles. The molecular weight excluding hydrogens is 240 g/mol. The highest BCUT2D eigenvalue weighted by atomic mass is 32.1. The highest BCUT2D eigenvalue weighted by Gasteiger charge is 2.13. The molecule has 1 aromatic rings. The van der Waals surface area contributed by atoms with Gasteiger partial charge < -0.3 is 10.4 Å². The zero-order valence-electron chi connectivity index (χ0n) is 9.77. The van der Waals surface area contributed by atoms with Crippen LogP contribution in [0.25, 0.3) is 0 Å². The first-order chi connectivity index (χ1) is 8.00. The summed E-state index contributed by atoms with van der Waals surface area (Å²) in [6.45, 7) is 3.39. The van der Waals surface area contributed by atoms with E-state index in [9.17, 15) is 9.59 Å². The second-order valence-electron chi connectivity index (χ2n) is 3.75. The third-order valence-electron chi connectivity index (χ3n) is 2.29. The van der Waals surface area contributed by atoms with E-state index in [-0.39, 0.29) is 18.5 Å². The zero-order valence-corrected chi connectivity index (χ0v) is 10.6. The third kappa shape index (κ3) is 4.54. The van der Waals surface area contributed by atoms with Crippen molar-refractivity contribution in [3.63, 3.8) is 0 Å². The Bertz CT molecular complexity index is 378. The Kier molecular flexibility index (Phi) is 5.11. The van der Waals surface area contributed by atoms with Crippen molar-refractivity contribution in [2.75, 3.05) is 6.54 Å². The number of carbonyl (C=O) groups is 2. The number of rotatable bonds is 6. The summed E-state index contributed by atoms with van der Waals surface area (Å²) in [7, 11) is 0. The van der Waals surface area contributed by atoms with Crippen LogP contribution in [0.4, 0.5) is 0 Å². The van der Waals surface area contributed by atoms with Gasteiger partial charge in [0.2, 0.25) is 5.91 Å². The van der Waals surface area contributed by atoms with E-state index in [1.165, 1.54) is 6.92 Å². The molecule has 1 unspecified atom stereocenters. The normalized spacial score (nSPS) is 14.0. The second-order valence-corrected chi connectivity index (χ2v) is 4.72. The van der Waals surface area contributed by atoms with Crippen molar-refractivity contribution in [2.45, 2.75) is 25.9 Å². The number of hydrogen-bond donors (Lipinski definition) is 3. The van der Waals surface area contributed by atoms with Gasteiger partial charge in [-0.25, -0.2) is 0 Å². The molecular formula is C11H16N2O3S. The van der Waals surface area contributed by atoms with E-state index < -0.39 is 12.0 Å². The van der Waals surface area contributed by atoms with Crippen LogP contribution < -0.4 is 10.6 Å². The predicted molar refractivity (Wildman–Crippen MR) is 66.0 cm³/mol. The van der Waals surface area contributed by atoms with E-state index in [4.69, 9.17) is 5.11 Å². The Morgan fingerprint density at radius 2 is 2.18 bits per heavy atom. The van der Waals surface area contributed by atoms with Gasteiger partial charge in [0, 0.05) is 4.88 Å². The number of nitrogens with one attached hydrogen (secondary N) is 2. The summed E-state index contributed by atoms with van der Waals surface area (Å²) >= 11 is 1.57. The molecule has 1 amide bonds. The Labute approximate surface area is 104 Å². The molecule has 0 aliphatic rings. The molecule has 0 saturated heterocycles. The Morgan fingerprint density at radius 3 is 2.71 bits per heavy atom. The maximum absolute atomic E-state index is 11.5. The van der Waals surface area contributed by atoms with Crippen LogP contribution in [0, 0.1) is 0 Å². The van der Waals surface area contributed by atoms with Crippen LogP contribution in [0.3, 0.4) is 0 Å². The minimum atomic E-state index is -0.968. The van der Waals surface area contributed by atoms with Gasteiger partial charge in [-0.15, -0.1) is 11.3 Å². The van der Waals surface area contributed by atoms with Crippen LogP contribution in [0.2, 0.25) is 0 Å². The molecule has 17 heavy (non-hydrogen) atoms. The van der Waals surface area contributed by atoms with Crippen molar-refractivity contribution < 1.29 is 14.7 Å². The summed E-state index contributed by atoms with van der Waals surface area (Å²) in [4.78, 5) is 23.1. The van der Waals surface area contributed by atoms with Crippen LogP contribution in [0.1, 0.15) is 24.8 Å². The van der Waals surface area contributed by atoms with Gasteiger partial charge in [-0.1, -0.05) is 6.07 Å². The van der Waals surface area contributed by atoms with E-state index in [1.54, 1.807) is 11.3 Å². The fourth-order valence-electron chi connectivity index (χ4n) is 1.23. The van der Waals surface area contributed by atoms with Gasteiger partial charge in [0.1, 0.15) is 6.04 Å². The lowest BCUT2D eigenvalue weighted by Crippen LogP contribution is -2.41. The topological polar surface area (TPSA) is 78.4 Å². The molecule has 1 rings (SSSR count). The predicted octanol–water partition coefficient (Wildman–Crippen LogP) is 0.988. The fourth-order valence-corrected chi connectivity index (χ4v) is 1.97. The molecule has 6 heteroatoms. The number of carboxylic acid groups (broad SMARTS) is 1. The number of thiophene rings is 1. The lowest BCUT2D eigenvalue weighted by atomic mass is 10.2. The number of aliphatic carboxylic acids is 1. The monoisotopic (exact) mass is 256 g/mol. The number of amides is 1. The molecule has 0 aromatic carbocycles. The van der Waals surface area contributed by atoms with Gasteiger partial charge >= 0.3 is 5.97 Å². The van der Waals surface area contributed by atoms with E-state index >= 15 is 0 Å². The average molecular weight is 256 g/mol. The number of hydrogen-bond acceptors (Lipinski definition) is 4. The van der Waals surface area contributed by atoms with E-state index in [0.717, 1.165) is 4.88 Å². The summed E-state index contributed by atoms with van der Waals surface area (Å²) in [5.74, 6) is -1.18. The maximum Gasteiger partial charge on any atom is 0.320 e. The minimum absolute atomic E-state index is 0.00316. The van der Waals surface area contributed by atoms with Crippen molar-refractivity contribution in [1.82, 2.24) is 10.6 Å². The Balaban J connectivity index is 2.32. The van der Waals surface area contributed by atoms with Crippen LogP contribution >= 0.6 is 11.3 Å². The molecule has 3 N–H and O–H groups in total. The van der Waals surface area contributed by atoms with Crippen molar-refractivity contribution in [1.29, 1.82) is 0 Å². The zero-order chi connectivity index (χ0) is 12.8. The summed E-state index contributed by atoms with van der Waals surface area (Å²) < 4.78 is 0. The van der Waals surface area contributed by atoms with E-state index in [0.29, 0.717) is 0 Å². The summed E-state index contributed by atoms with van der Waals surface area (Å²) in [6, 6.07) is 3.10. The molecule has 0 radical (unpaired) electrons. The number of carboxylic acids is 1. The van der Waals surface area contributed by atoms with Crippen LogP contribution in [-0.4, -0.2) is 29.6 Å². The highest BCUT2D eigenvalue weighted by molar-refractivity contribution is 7.10. The summed E-state index contributed by atoms with van der Waals surface area (Å²) in [6.07, 6.45) is 0. The third-order valence-corrected chi connectivity index (χ3v) is 3.34. The molecule has 5 nitrogen and oxygen atoms in total. The van der Waals surface area contributed by atoms with Crippen molar-refractivity contribution in [3.05, 3.63) is 22.4 Å². The van der Waals surface area contributed by atoms with Gasteiger partial charge in [-0.05, 0) is 25.3 Å². The molecule has 1 aromatic heterocycles. The number of carbonyl (C=O) groups excluding carboxylic acids is 1. The van der Waals surface area contributed by atoms with E-state index in [1.807, 2.05) is 24.4 Å². The van der Waals surface area contributed by atoms with Crippen molar-refractivity contribution in [3.8, 4) is 0 Å². The van der Waals surface area contributed by atoms with Gasteiger partial charge in [-0.2, -0.15) is 0 Å². The molecule has 0 aliphatic heterocycles. The molecule has 0 bridgehead atoms. The standard InChI is InChI=1S/C11H16N2O3S/c1-7(9-4-3-5-17-9)13-10(14)6-12-8(2)11(15)16/h3-5,7-8,12H,6H2,1-2H3,(H,13,14)(H,15,16)/t7?,8-/m0/s1. The largest absolute Gasteiger partial charge is 0.480 e. The van der Waals surface area contributed by atoms with Gasteiger partial charge in [0.05, 0.1) is 12.6 Å². The molecule has 2 atom stereocenters. The molecule has 0 fully saturated rings. The molecule has 0 spiro atoms. The van der Waals surface area contributed by atoms with Crippen molar-refractivity contribution in [2.24, 2.45) is 0 Å².